The van der Waals surface area contributed by atoms with Crippen molar-refractivity contribution < 1.29 is 4.74 Å². The summed E-state index contributed by atoms with van der Waals surface area (Å²) in [5.74, 6) is 0.829. The second-order valence-electron chi connectivity index (χ2n) is 5.68. The summed E-state index contributed by atoms with van der Waals surface area (Å²) < 4.78 is 7.79. The Morgan fingerprint density at radius 1 is 1.48 bits per heavy atom. The standard InChI is InChI=1S/C16H20N6O/c1-3-22-10-13(9-19-22)15-12(4-5-23-15)8-18-16-20-11(2)6-14(7-17)21-16/h6,9-10,12,15H,3-5,8H2,1-2H3,(H,18,20,21)/t12-,15+/m0/s1. The van der Waals surface area contributed by atoms with Gasteiger partial charge in [-0.15, -0.1) is 0 Å². The Kier molecular flexibility index (Phi) is 4.53. The Bertz CT molecular complexity index is 720. The Morgan fingerprint density at radius 3 is 3.09 bits per heavy atom. The minimum absolute atomic E-state index is 0.0445. The maximum atomic E-state index is 8.99. The molecule has 0 unspecified atom stereocenters. The zero-order valence-electron chi connectivity index (χ0n) is 13.4. The molecule has 1 saturated heterocycles. The third-order valence-electron chi connectivity index (χ3n) is 4.01. The Hall–Kier alpha value is -2.46. The number of hydrogen-bond acceptors (Lipinski definition) is 6. The fourth-order valence-corrected chi connectivity index (χ4v) is 2.84. The predicted molar refractivity (Wildman–Crippen MR) is 84.7 cm³/mol. The molecule has 120 valence electrons. The smallest absolute Gasteiger partial charge is 0.224 e. The van der Waals surface area contributed by atoms with E-state index in [1.807, 2.05) is 24.0 Å². The molecule has 0 aliphatic carbocycles. The van der Waals surface area contributed by atoms with Gasteiger partial charge in [-0.05, 0) is 26.3 Å². The zero-order valence-corrected chi connectivity index (χ0v) is 13.4. The topological polar surface area (TPSA) is 88.6 Å². The van der Waals surface area contributed by atoms with Crippen LogP contribution in [0.3, 0.4) is 0 Å². The van der Waals surface area contributed by atoms with E-state index in [9.17, 15) is 0 Å². The summed E-state index contributed by atoms with van der Waals surface area (Å²) >= 11 is 0. The van der Waals surface area contributed by atoms with Gasteiger partial charge in [-0.1, -0.05) is 0 Å². The molecule has 2 atom stereocenters. The van der Waals surface area contributed by atoms with Crippen molar-refractivity contribution >= 4 is 5.95 Å². The van der Waals surface area contributed by atoms with Crippen molar-refractivity contribution in [1.29, 1.82) is 5.26 Å². The lowest BCUT2D eigenvalue weighted by Crippen LogP contribution is -2.19. The highest BCUT2D eigenvalue weighted by Gasteiger charge is 2.30. The van der Waals surface area contributed by atoms with Crippen molar-refractivity contribution in [1.82, 2.24) is 19.7 Å². The Labute approximate surface area is 135 Å². The van der Waals surface area contributed by atoms with Gasteiger partial charge in [-0.25, -0.2) is 9.97 Å². The van der Waals surface area contributed by atoms with Gasteiger partial charge < -0.3 is 10.1 Å². The van der Waals surface area contributed by atoms with Crippen molar-refractivity contribution in [3.8, 4) is 6.07 Å². The molecule has 1 aliphatic heterocycles. The van der Waals surface area contributed by atoms with Crippen molar-refractivity contribution in [2.45, 2.75) is 32.9 Å². The lowest BCUT2D eigenvalue weighted by atomic mass is 9.97. The third kappa shape index (κ3) is 3.48. The molecular formula is C16H20N6O. The average Bonchev–Trinajstić information content (AvgIpc) is 3.20. The van der Waals surface area contributed by atoms with Gasteiger partial charge in [0.1, 0.15) is 11.8 Å². The number of aryl methyl sites for hydroxylation is 2. The SMILES string of the molecule is CCn1cc([C@@H]2OCC[C@H]2CNc2nc(C)cc(C#N)n2)cn1. The van der Waals surface area contributed by atoms with Gasteiger partial charge in [0.15, 0.2) is 0 Å². The van der Waals surface area contributed by atoms with E-state index in [1.54, 1.807) is 6.07 Å². The van der Waals surface area contributed by atoms with Crippen LogP contribution in [0.1, 0.15) is 36.4 Å². The number of ether oxygens (including phenoxy) is 1. The van der Waals surface area contributed by atoms with Gasteiger partial charge in [0.25, 0.3) is 0 Å². The molecule has 7 nitrogen and oxygen atoms in total. The molecule has 1 N–H and O–H groups in total. The van der Waals surface area contributed by atoms with Crippen LogP contribution < -0.4 is 5.32 Å². The van der Waals surface area contributed by atoms with Gasteiger partial charge in [-0.2, -0.15) is 10.4 Å². The van der Waals surface area contributed by atoms with Gasteiger partial charge in [0, 0.05) is 43.1 Å². The van der Waals surface area contributed by atoms with E-state index in [1.165, 1.54) is 0 Å². The number of hydrogen-bond donors (Lipinski definition) is 1. The molecule has 0 aromatic carbocycles. The maximum absolute atomic E-state index is 8.99. The highest BCUT2D eigenvalue weighted by atomic mass is 16.5. The fraction of sp³-hybridized carbons (Fsp3) is 0.500. The summed E-state index contributed by atoms with van der Waals surface area (Å²) in [5.41, 5.74) is 2.27. The summed E-state index contributed by atoms with van der Waals surface area (Å²) in [6.45, 7) is 6.22. The number of aromatic nitrogens is 4. The molecule has 0 amide bonds. The molecule has 0 radical (unpaired) electrons. The zero-order chi connectivity index (χ0) is 16.2. The Balaban J connectivity index is 1.67. The van der Waals surface area contributed by atoms with E-state index < -0.39 is 0 Å². The number of nitrogens with one attached hydrogen (secondary N) is 1. The molecule has 2 aromatic rings. The average molecular weight is 312 g/mol. The van der Waals surface area contributed by atoms with Crippen molar-refractivity contribution in [3.05, 3.63) is 35.4 Å². The van der Waals surface area contributed by atoms with Crippen LogP contribution in [0.25, 0.3) is 0 Å². The van der Waals surface area contributed by atoms with Gasteiger partial charge in [0.05, 0.1) is 12.3 Å². The van der Waals surface area contributed by atoms with Crippen LogP contribution in [0.4, 0.5) is 5.95 Å². The van der Waals surface area contributed by atoms with E-state index in [2.05, 4.69) is 33.4 Å². The molecule has 0 saturated carbocycles. The molecule has 3 rings (SSSR count). The van der Waals surface area contributed by atoms with Crippen molar-refractivity contribution in [2.75, 3.05) is 18.5 Å². The quantitative estimate of drug-likeness (QED) is 0.909. The summed E-state index contributed by atoms with van der Waals surface area (Å²) in [4.78, 5) is 8.51. The van der Waals surface area contributed by atoms with E-state index in [0.29, 0.717) is 24.1 Å². The van der Waals surface area contributed by atoms with Crippen LogP contribution in [-0.4, -0.2) is 32.9 Å². The molecule has 0 spiro atoms. The van der Waals surface area contributed by atoms with Crippen LogP contribution in [0.15, 0.2) is 18.5 Å². The molecule has 7 heteroatoms. The highest BCUT2D eigenvalue weighted by molar-refractivity contribution is 5.33. The molecule has 2 aromatic heterocycles. The van der Waals surface area contributed by atoms with Crippen molar-refractivity contribution in [2.24, 2.45) is 5.92 Å². The second-order valence-corrected chi connectivity index (χ2v) is 5.68. The third-order valence-corrected chi connectivity index (χ3v) is 4.01. The number of rotatable bonds is 5. The van der Waals surface area contributed by atoms with Gasteiger partial charge >= 0.3 is 0 Å². The van der Waals surface area contributed by atoms with E-state index >= 15 is 0 Å². The van der Waals surface area contributed by atoms with Crippen LogP contribution in [0.5, 0.6) is 0 Å². The molecule has 23 heavy (non-hydrogen) atoms. The normalized spacial score (nSPS) is 20.4. The first kappa shape index (κ1) is 15.4. The minimum Gasteiger partial charge on any atom is -0.373 e. The van der Waals surface area contributed by atoms with Crippen LogP contribution in [0, 0.1) is 24.2 Å². The van der Waals surface area contributed by atoms with Gasteiger partial charge in [-0.3, -0.25) is 4.68 Å². The van der Waals surface area contributed by atoms with Gasteiger partial charge in [0.2, 0.25) is 5.95 Å². The number of nitriles is 1. The minimum atomic E-state index is 0.0445. The predicted octanol–water partition coefficient (Wildman–Crippen LogP) is 2.06. The number of nitrogens with zero attached hydrogens (tertiary/aromatic N) is 5. The maximum Gasteiger partial charge on any atom is 0.224 e. The second kappa shape index (κ2) is 6.75. The summed E-state index contributed by atoms with van der Waals surface area (Å²) in [7, 11) is 0. The first-order chi connectivity index (χ1) is 11.2. The highest BCUT2D eigenvalue weighted by Crippen LogP contribution is 2.34. The first-order valence-electron chi connectivity index (χ1n) is 7.83. The number of anilines is 1. The lowest BCUT2D eigenvalue weighted by Gasteiger charge is -2.17. The monoisotopic (exact) mass is 312 g/mol. The fourth-order valence-electron chi connectivity index (χ4n) is 2.84. The van der Waals surface area contributed by atoms with Crippen LogP contribution in [0.2, 0.25) is 0 Å². The summed E-state index contributed by atoms with van der Waals surface area (Å²) in [5, 5.41) is 16.5. The lowest BCUT2D eigenvalue weighted by molar-refractivity contribution is 0.0932. The largest absolute Gasteiger partial charge is 0.373 e. The summed E-state index contributed by atoms with van der Waals surface area (Å²) in [6, 6.07) is 3.73. The van der Waals surface area contributed by atoms with E-state index in [-0.39, 0.29) is 6.10 Å². The molecule has 0 bridgehead atoms. The van der Waals surface area contributed by atoms with E-state index in [4.69, 9.17) is 10.00 Å². The van der Waals surface area contributed by atoms with E-state index in [0.717, 1.165) is 30.8 Å². The van der Waals surface area contributed by atoms with Crippen molar-refractivity contribution in [3.63, 3.8) is 0 Å². The Morgan fingerprint density at radius 2 is 2.35 bits per heavy atom. The first-order valence-corrected chi connectivity index (χ1v) is 7.83. The van der Waals surface area contributed by atoms with Crippen LogP contribution >= 0.6 is 0 Å². The molecular weight excluding hydrogens is 292 g/mol. The molecule has 1 fully saturated rings. The molecule has 1 aliphatic rings. The molecule has 3 heterocycles. The summed E-state index contributed by atoms with van der Waals surface area (Å²) in [6.07, 6.45) is 4.94. The van der Waals surface area contributed by atoms with Crippen LogP contribution in [-0.2, 0) is 11.3 Å².